The Balaban J connectivity index is 4.18. The normalized spacial score (nSPS) is 12.2. The largest absolute Gasteiger partial charge is 0.402 e. The van der Waals surface area contributed by atoms with E-state index < -0.39 is 0 Å². The number of hydrogen-bond donors (Lipinski definition) is 2. The molecule has 0 radical (unpaired) electrons. The topological polar surface area (TPSA) is 49.9 Å². The highest BCUT2D eigenvalue weighted by Gasteiger charge is 1.93. The maximum absolute atomic E-state index is 6.89. The van der Waals surface area contributed by atoms with E-state index >= 15 is 0 Å². The van der Waals surface area contributed by atoms with Crippen LogP contribution < -0.4 is 5.73 Å². The lowest BCUT2D eigenvalue weighted by molar-refractivity contribution is 1.07. The molecule has 0 atom stereocenters. The molecular formula is C8H14N2. The van der Waals surface area contributed by atoms with E-state index in [1.807, 2.05) is 13.8 Å². The first kappa shape index (κ1) is 8.95. The van der Waals surface area contributed by atoms with Crippen LogP contribution in [0.25, 0.3) is 0 Å². The Morgan fingerprint density at radius 3 is 2.40 bits per heavy atom. The maximum atomic E-state index is 6.89. The minimum atomic E-state index is 0.696. The average Bonchev–Trinajstić information content (AvgIpc) is 1.85. The Bertz CT molecular complexity index is 178. The molecule has 3 N–H and O–H groups in total. The molecule has 0 fully saturated rings. The van der Waals surface area contributed by atoms with Gasteiger partial charge in [0.15, 0.2) is 0 Å². The zero-order valence-corrected chi connectivity index (χ0v) is 6.57. The molecule has 56 valence electrons. The molecular weight excluding hydrogens is 124 g/mol. The molecule has 0 saturated heterocycles. The monoisotopic (exact) mass is 138 g/mol. The summed E-state index contributed by atoms with van der Waals surface area (Å²) in [7, 11) is 0. The summed E-state index contributed by atoms with van der Waals surface area (Å²) < 4.78 is 0. The van der Waals surface area contributed by atoms with Gasteiger partial charge in [-0.25, -0.2) is 0 Å². The molecule has 2 nitrogen and oxygen atoms in total. The van der Waals surface area contributed by atoms with E-state index in [1.54, 1.807) is 0 Å². The second kappa shape index (κ2) is 3.88. The van der Waals surface area contributed by atoms with Crippen LogP contribution in [0.3, 0.4) is 0 Å². The van der Waals surface area contributed by atoms with E-state index in [4.69, 9.17) is 11.1 Å². The molecule has 2 heteroatoms. The van der Waals surface area contributed by atoms with Crippen molar-refractivity contribution >= 4 is 6.21 Å². The Kier molecular flexibility index (Phi) is 3.47. The summed E-state index contributed by atoms with van der Waals surface area (Å²) >= 11 is 0. The van der Waals surface area contributed by atoms with E-state index in [1.165, 1.54) is 6.21 Å². The van der Waals surface area contributed by atoms with Crippen molar-refractivity contribution in [1.82, 2.24) is 0 Å². The predicted molar refractivity (Wildman–Crippen MR) is 45.1 cm³/mol. The first-order valence-electron chi connectivity index (χ1n) is 3.18. The van der Waals surface area contributed by atoms with Crippen LogP contribution in [0.2, 0.25) is 0 Å². The van der Waals surface area contributed by atoms with Crippen LogP contribution in [0.5, 0.6) is 0 Å². The highest BCUT2D eigenvalue weighted by Crippen LogP contribution is 2.05. The van der Waals surface area contributed by atoms with Gasteiger partial charge in [0.25, 0.3) is 0 Å². The van der Waals surface area contributed by atoms with E-state index in [0.29, 0.717) is 6.42 Å². The van der Waals surface area contributed by atoms with Gasteiger partial charge in [-0.05, 0) is 19.4 Å². The second-order valence-electron chi connectivity index (χ2n) is 2.49. The van der Waals surface area contributed by atoms with Gasteiger partial charge in [0, 0.05) is 18.3 Å². The predicted octanol–water partition coefficient (Wildman–Crippen LogP) is 1.83. The lowest BCUT2D eigenvalue weighted by Crippen LogP contribution is -2.01. The Morgan fingerprint density at radius 2 is 2.10 bits per heavy atom. The van der Waals surface area contributed by atoms with Crippen molar-refractivity contribution < 1.29 is 0 Å². The van der Waals surface area contributed by atoms with Crippen LogP contribution in [0.1, 0.15) is 20.3 Å². The van der Waals surface area contributed by atoms with Gasteiger partial charge in [0.05, 0.1) is 0 Å². The van der Waals surface area contributed by atoms with Crippen LogP contribution >= 0.6 is 0 Å². The van der Waals surface area contributed by atoms with Gasteiger partial charge in [-0.2, -0.15) is 0 Å². The number of allylic oxidation sites excluding steroid dienone is 2. The summed E-state index contributed by atoms with van der Waals surface area (Å²) in [6.45, 7) is 7.47. The molecule has 0 bridgehead atoms. The molecule has 0 aliphatic carbocycles. The van der Waals surface area contributed by atoms with Crippen LogP contribution in [-0.2, 0) is 0 Å². The van der Waals surface area contributed by atoms with Crippen molar-refractivity contribution in [2.45, 2.75) is 20.3 Å². The summed E-state index contributed by atoms with van der Waals surface area (Å²) in [5.41, 5.74) is 8.18. The fraction of sp³-hybridized carbons (Fsp3) is 0.375. The third kappa shape index (κ3) is 3.07. The molecule has 0 spiro atoms. The fourth-order valence-corrected chi connectivity index (χ4v) is 0.557. The molecule has 0 aliphatic heterocycles. The third-order valence-corrected chi connectivity index (χ3v) is 1.22. The van der Waals surface area contributed by atoms with Gasteiger partial charge in [-0.1, -0.05) is 12.2 Å². The zero-order valence-electron chi connectivity index (χ0n) is 6.57. The van der Waals surface area contributed by atoms with Gasteiger partial charge in [0.2, 0.25) is 0 Å². The SMILES string of the molecule is C=C(C)CC(N)=C(C)C=N. The number of hydrogen-bond acceptors (Lipinski definition) is 2. The fourth-order valence-electron chi connectivity index (χ4n) is 0.557. The molecule has 0 saturated carbocycles. The molecule has 0 unspecified atom stereocenters. The van der Waals surface area contributed by atoms with E-state index in [2.05, 4.69) is 6.58 Å². The van der Waals surface area contributed by atoms with Crippen molar-refractivity contribution in [2.24, 2.45) is 5.73 Å². The lowest BCUT2D eigenvalue weighted by Gasteiger charge is -2.01. The van der Waals surface area contributed by atoms with Gasteiger partial charge in [-0.15, -0.1) is 0 Å². The summed E-state index contributed by atoms with van der Waals surface area (Å²) in [6, 6.07) is 0. The first-order chi connectivity index (χ1) is 4.57. The summed E-state index contributed by atoms with van der Waals surface area (Å²) in [5.74, 6) is 0. The van der Waals surface area contributed by atoms with E-state index in [0.717, 1.165) is 16.8 Å². The molecule has 0 aliphatic rings. The molecule has 0 heterocycles. The van der Waals surface area contributed by atoms with E-state index in [9.17, 15) is 0 Å². The first-order valence-corrected chi connectivity index (χ1v) is 3.18. The van der Waals surface area contributed by atoms with Crippen LogP contribution in [-0.4, -0.2) is 6.21 Å². The second-order valence-corrected chi connectivity index (χ2v) is 2.49. The number of nitrogens with two attached hydrogens (primary N) is 1. The van der Waals surface area contributed by atoms with Crippen molar-refractivity contribution in [3.05, 3.63) is 23.4 Å². The molecule has 10 heavy (non-hydrogen) atoms. The highest BCUT2D eigenvalue weighted by molar-refractivity contribution is 5.75. The van der Waals surface area contributed by atoms with E-state index in [-0.39, 0.29) is 0 Å². The average molecular weight is 138 g/mol. The zero-order chi connectivity index (χ0) is 8.15. The summed E-state index contributed by atoms with van der Waals surface area (Å²) in [4.78, 5) is 0. The van der Waals surface area contributed by atoms with Crippen molar-refractivity contribution in [2.75, 3.05) is 0 Å². The molecule has 0 rings (SSSR count). The molecule has 0 aromatic rings. The van der Waals surface area contributed by atoms with Gasteiger partial charge >= 0.3 is 0 Å². The Labute approximate surface area is 61.9 Å². The maximum Gasteiger partial charge on any atom is 0.0224 e. The van der Waals surface area contributed by atoms with Crippen molar-refractivity contribution in [3.8, 4) is 0 Å². The third-order valence-electron chi connectivity index (χ3n) is 1.22. The number of nitrogens with one attached hydrogen (secondary N) is 1. The quantitative estimate of drug-likeness (QED) is 0.453. The van der Waals surface area contributed by atoms with Crippen LogP contribution in [0, 0.1) is 5.41 Å². The molecule has 0 amide bonds. The van der Waals surface area contributed by atoms with Crippen molar-refractivity contribution in [1.29, 1.82) is 5.41 Å². The molecule has 0 aromatic heterocycles. The van der Waals surface area contributed by atoms with Crippen molar-refractivity contribution in [3.63, 3.8) is 0 Å². The van der Waals surface area contributed by atoms with Crippen LogP contribution in [0.4, 0.5) is 0 Å². The van der Waals surface area contributed by atoms with Gasteiger partial charge in [0.1, 0.15) is 0 Å². The minimum absolute atomic E-state index is 0.696. The Hall–Kier alpha value is -1.05. The highest BCUT2D eigenvalue weighted by atomic mass is 14.6. The summed E-state index contributed by atoms with van der Waals surface area (Å²) in [5, 5.41) is 6.89. The van der Waals surface area contributed by atoms with Gasteiger partial charge in [-0.3, -0.25) is 0 Å². The Morgan fingerprint density at radius 1 is 1.60 bits per heavy atom. The molecule has 0 aromatic carbocycles. The standard InChI is InChI=1S/C8H14N2/c1-6(2)4-8(10)7(3)5-9/h5,9H,1,4,10H2,2-3H3. The van der Waals surface area contributed by atoms with Crippen LogP contribution in [0.15, 0.2) is 23.4 Å². The smallest absolute Gasteiger partial charge is 0.0224 e. The minimum Gasteiger partial charge on any atom is -0.402 e. The lowest BCUT2D eigenvalue weighted by atomic mass is 10.1. The van der Waals surface area contributed by atoms with Gasteiger partial charge < -0.3 is 11.1 Å². The number of rotatable bonds is 3. The summed E-state index contributed by atoms with van der Waals surface area (Å²) in [6.07, 6.45) is 1.96.